The fourth-order valence-electron chi connectivity index (χ4n) is 2.89. The van der Waals surface area contributed by atoms with Crippen LogP contribution in [-0.2, 0) is 0 Å². The molecule has 0 radical (unpaired) electrons. The third kappa shape index (κ3) is 3.39. The van der Waals surface area contributed by atoms with Crippen molar-refractivity contribution in [3.63, 3.8) is 0 Å². The molecule has 4 aromatic rings. The van der Waals surface area contributed by atoms with Crippen molar-refractivity contribution in [2.45, 2.75) is 6.42 Å². The second kappa shape index (κ2) is 7.32. The first-order valence-electron chi connectivity index (χ1n) is 8.49. The van der Waals surface area contributed by atoms with Gasteiger partial charge in [0.05, 0.1) is 6.61 Å². The predicted octanol–water partition coefficient (Wildman–Crippen LogP) is 3.67. The lowest BCUT2D eigenvalue weighted by atomic mass is 10.1. The number of aliphatic hydroxyl groups is 1. The molecule has 2 heterocycles. The largest absolute Gasteiger partial charge is 0.454 e. The van der Waals surface area contributed by atoms with Gasteiger partial charge in [0.15, 0.2) is 5.76 Å². The van der Waals surface area contributed by atoms with E-state index in [2.05, 4.69) is 22.0 Å². The molecule has 0 amide bonds. The van der Waals surface area contributed by atoms with E-state index >= 15 is 0 Å². The summed E-state index contributed by atoms with van der Waals surface area (Å²) in [5, 5.41) is 24.8. The molecular formula is C22H16N2O3. The van der Waals surface area contributed by atoms with Crippen LogP contribution in [0.2, 0.25) is 0 Å². The first-order valence-corrected chi connectivity index (χ1v) is 8.49. The van der Waals surface area contributed by atoms with Gasteiger partial charge in [-0.25, -0.2) is 0 Å². The van der Waals surface area contributed by atoms with Gasteiger partial charge in [-0.2, -0.15) is 0 Å². The van der Waals surface area contributed by atoms with Gasteiger partial charge in [-0.3, -0.25) is 4.98 Å². The normalized spacial score (nSPS) is 11.5. The second-order valence-corrected chi connectivity index (χ2v) is 6.00. The van der Waals surface area contributed by atoms with Gasteiger partial charge in [0.2, 0.25) is 0 Å². The molecule has 0 aliphatic heterocycles. The summed E-state index contributed by atoms with van der Waals surface area (Å²) in [5.74, 6) is 6.37. The van der Waals surface area contributed by atoms with Crippen LogP contribution in [0.3, 0.4) is 0 Å². The Kier molecular flexibility index (Phi) is 4.56. The van der Waals surface area contributed by atoms with E-state index in [-0.39, 0.29) is 6.61 Å². The van der Waals surface area contributed by atoms with Crippen LogP contribution in [-0.4, -0.2) is 21.9 Å². The topological polar surface area (TPSA) is 78.9 Å². The van der Waals surface area contributed by atoms with Gasteiger partial charge in [0, 0.05) is 35.0 Å². The quantitative estimate of drug-likeness (QED) is 0.326. The van der Waals surface area contributed by atoms with E-state index < -0.39 is 0 Å². The maximum atomic E-state index is 9.43. The SMILES string of the molecule is OCCC#Cc1ccc2/c(=N\O)cc(-c3cc4ccccc4cn3)oc2c1. The highest BCUT2D eigenvalue weighted by Gasteiger charge is 2.09. The molecule has 0 unspecified atom stereocenters. The summed E-state index contributed by atoms with van der Waals surface area (Å²) in [7, 11) is 0. The number of pyridine rings is 1. The minimum absolute atomic E-state index is 0.0241. The highest BCUT2D eigenvalue weighted by atomic mass is 16.4. The van der Waals surface area contributed by atoms with Crippen LogP contribution in [0.1, 0.15) is 12.0 Å². The van der Waals surface area contributed by atoms with E-state index in [4.69, 9.17) is 9.52 Å². The van der Waals surface area contributed by atoms with Gasteiger partial charge in [-0.15, -0.1) is 0 Å². The Hall–Kier alpha value is -3.62. The molecule has 27 heavy (non-hydrogen) atoms. The molecule has 5 nitrogen and oxygen atoms in total. The Morgan fingerprint density at radius 1 is 1.04 bits per heavy atom. The fraction of sp³-hybridized carbons (Fsp3) is 0.0909. The lowest BCUT2D eigenvalue weighted by molar-refractivity contribution is 0.302. The van der Waals surface area contributed by atoms with Crippen LogP contribution < -0.4 is 5.36 Å². The molecule has 5 heteroatoms. The number of aliphatic hydroxyl groups excluding tert-OH is 1. The molecule has 2 N–H and O–H groups in total. The Bertz CT molecular complexity index is 1260. The third-order valence-electron chi connectivity index (χ3n) is 4.21. The van der Waals surface area contributed by atoms with Gasteiger partial charge in [0.25, 0.3) is 0 Å². The van der Waals surface area contributed by atoms with Crippen molar-refractivity contribution in [2.24, 2.45) is 5.16 Å². The average molecular weight is 356 g/mol. The van der Waals surface area contributed by atoms with Gasteiger partial charge >= 0.3 is 0 Å². The monoisotopic (exact) mass is 356 g/mol. The summed E-state index contributed by atoms with van der Waals surface area (Å²) in [6, 6.07) is 17.0. The zero-order valence-electron chi connectivity index (χ0n) is 14.4. The zero-order valence-corrected chi connectivity index (χ0v) is 14.4. The molecule has 0 bridgehead atoms. The van der Waals surface area contributed by atoms with Crippen molar-refractivity contribution in [3.05, 3.63) is 71.7 Å². The molecule has 4 rings (SSSR count). The lowest BCUT2D eigenvalue weighted by Crippen LogP contribution is -2.04. The van der Waals surface area contributed by atoms with E-state index in [0.717, 1.165) is 16.3 Å². The van der Waals surface area contributed by atoms with E-state index in [1.807, 2.05) is 36.4 Å². The van der Waals surface area contributed by atoms with Gasteiger partial charge in [-0.1, -0.05) is 41.3 Å². The molecule has 2 aromatic heterocycles. The number of nitrogens with zero attached hydrogens (tertiary/aromatic N) is 2. The van der Waals surface area contributed by atoms with Gasteiger partial charge in [0.1, 0.15) is 16.6 Å². The Labute approximate surface area is 155 Å². The summed E-state index contributed by atoms with van der Waals surface area (Å²) in [6.07, 6.45) is 2.20. The van der Waals surface area contributed by atoms with Crippen LogP contribution in [0.25, 0.3) is 33.2 Å². The average Bonchev–Trinajstić information content (AvgIpc) is 2.72. The number of aromatic nitrogens is 1. The molecule has 0 saturated carbocycles. The Balaban J connectivity index is 1.88. The van der Waals surface area contributed by atoms with Crippen molar-refractivity contribution in [3.8, 4) is 23.3 Å². The highest BCUT2D eigenvalue weighted by molar-refractivity contribution is 5.85. The first kappa shape index (κ1) is 16.8. The van der Waals surface area contributed by atoms with Crippen molar-refractivity contribution >= 4 is 21.7 Å². The van der Waals surface area contributed by atoms with Crippen LogP contribution in [0.15, 0.2) is 70.4 Å². The number of fused-ring (bicyclic) bond motifs is 2. The number of hydrogen-bond donors (Lipinski definition) is 2. The molecule has 0 spiro atoms. The van der Waals surface area contributed by atoms with E-state index in [1.54, 1.807) is 24.4 Å². The van der Waals surface area contributed by atoms with E-state index in [9.17, 15) is 5.21 Å². The minimum Gasteiger partial charge on any atom is -0.454 e. The lowest BCUT2D eigenvalue weighted by Gasteiger charge is -2.05. The third-order valence-corrected chi connectivity index (χ3v) is 4.21. The van der Waals surface area contributed by atoms with Crippen LogP contribution in [0.4, 0.5) is 0 Å². The molecule has 0 aliphatic rings. The van der Waals surface area contributed by atoms with Crippen LogP contribution in [0, 0.1) is 11.8 Å². The number of rotatable bonds is 2. The second-order valence-electron chi connectivity index (χ2n) is 6.00. The van der Waals surface area contributed by atoms with E-state index in [1.165, 1.54) is 0 Å². The van der Waals surface area contributed by atoms with Crippen molar-refractivity contribution in [2.75, 3.05) is 6.61 Å². The van der Waals surface area contributed by atoms with Crippen LogP contribution >= 0.6 is 0 Å². The minimum atomic E-state index is 0.0241. The summed E-state index contributed by atoms with van der Waals surface area (Å²) >= 11 is 0. The smallest absolute Gasteiger partial charge is 0.155 e. The Morgan fingerprint density at radius 2 is 1.89 bits per heavy atom. The maximum absolute atomic E-state index is 9.43. The molecule has 0 aliphatic carbocycles. The molecule has 0 fully saturated rings. The molecule has 132 valence electrons. The number of hydrogen-bond acceptors (Lipinski definition) is 5. The molecule has 0 atom stereocenters. The summed E-state index contributed by atoms with van der Waals surface area (Å²) in [5.41, 5.74) is 1.95. The highest BCUT2D eigenvalue weighted by Crippen LogP contribution is 2.24. The standard InChI is InChI=1S/C22H16N2O3/c25-10-4-3-5-15-8-9-18-19(24-26)13-22(27-21(18)11-15)20-12-16-6-1-2-7-17(16)14-23-20/h1-2,6-9,11-14,25-26H,4,10H2/b24-19-. The molecular weight excluding hydrogens is 340 g/mol. The fourth-order valence-corrected chi connectivity index (χ4v) is 2.89. The predicted molar refractivity (Wildman–Crippen MR) is 103 cm³/mol. The summed E-state index contributed by atoms with van der Waals surface area (Å²) in [6.45, 7) is 0.0241. The van der Waals surface area contributed by atoms with Crippen molar-refractivity contribution < 1.29 is 14.7 Å². The molecule has 2 aromatic carbocycles. The Morgan fingerprint density at radius 3 is 2.70 bits per heavy atom. The first-order chi connectivity index (χ1) is 13.3. The van der Waals surface area contributed by atoms with Gasteiger partial charge < -0.3 is 14.7 Å². The van der Waals surface area contributed by atoms with Gasteiger partial charge in [-0.05, 0) is 29.7 Å². The van der Waals surface area contributed by atoms with E-state index in [0.29, 0.717) is 34.2 Å². The number of benzene rings is 2. The van der Waals surface area contributed by atoms with Crippen molar-refractivity contribution in [1.82, 2.24) is 4.98 Å². The summed E-state index contributed by atoms with van der Waals surface area (Å²) < 4.78 is 6.04. The van der Waals surface area contributed by atoms with Crippen molar-refractivity contribution in [1.29, 1.82) is 0 Å². The summed E-state index contributed by atoms with van der Waals surface area (Å²) in [4.78, 5) is 4.47. The maximum Gasteiger partial charge on any atom is 0.155 e. The zero-order chi connectivity index (χ0) is 18.6. The molecule has 0 saturated heterocycles. The van der Waals surface area contributed by atoms with Crippen LogP contribution in [0.5, 0.6) is 0 Å².